The zero-order valence-corrected chi connectivity index (χ0v) is 13.5. The summed E-state index contributed by atoms with van der Waals surface area (Å²) in [5.41, 5.74) is 7.49. The Morgan fingerprint density at radius 3 is 2.48 bits per heavy atom. The number of hydrogen-bond donors (Lipinski definition) is 2. The lowest BCUT2D eigenvalue weighted by Crippen LogP contribution is -2.36. The van der Waals surface area contributed by atoms with Crippen LogP contribution in [0.3, 0.4) is 0 Å². The Hall–Kier alpha value is -1.95. The first-order chi connectivity index (χ1) is 9.74. The van der Waals surface area contributed by atoms with E-state index in [4.69, 9.17) is 14.2 Å². The van der Waals surface area contributed by atoms with Gasteiger partial charge in [0.15, 0.2) is 6.79 Å². The fraction of sp³-hybridized carbons (Fsp3) is 0.533. The van der Waals surface area contributed by atoms with Crippen LogP contribution in [-0.2, 0) is 9.47 Å². The average Bonchev–Trinajstić information content (AvgIpc) is 2.35. The van der Waals surface area contributed by atoms with Gasteiger partial charge in [-0.1, -0.05) is 6.07 Å². The Labute approximate surface area is 125 Å². The van der Waals surface area contributed by atoms with Crippen molar-refractivity contribution >= 4 is 11.8 Å². The van der Waals surface area contributed by atoms with Crippen LogP contribution in [0.15, 0.2) is 12.1 Å². The summed E-state index contributed by atoms with van der Waals surface area (Å²) in [4.78, 5) is 11.7. The van der Waals surface area contributed by atoms with E-state index in [9.17, 15) is 4.79 Å². The maximum Gasteiger partial charge on any atom is 0.426 e. The molecule has 0 aromatic heterocycles. The lowest BCUT2D eigenvalue weighted by molar-refractivity contribution is 0.0504. The van der Waals surface area contributed by atoms with E-state index in [-0.39, 0.29) is 6.79 Å². The summed E-state index contributed by atoms with van der Waals surface area (Å²) in [5, 5.41) is 0. The maximum absolute atomic E-state index is 11.7. The van der Waals surface area contributed by atoms with Crippen LogP contribution in [0.4, 0.5) is 10.5 Å². The summed E-state index contributed by atoms with van der Waals surface area (Å²) >= 11 is 0. The number of ether oxygens (including phenoxy) is 3. The zero-order chi connectivity index (χ0) is 16.0. The second kappa shape index (κ2) is 7.17. The molecule has 0 bridgehead atoms. The first kappa shape index (κ1) is 17.1. The van der Waals surface area contributed by atoms with Gasteiger partial charge in [-0.2, -0.15) is 0 Å². The third kappa shape index (κ3) is 5.51. The second-order valence-electron chi connectivity index (χ2n) is 5.68. The normalized spacial score (nSPS) is 11.0. The molecule has 0 unspecified atom stereocenters. The minimum Gasteiger partial charge on any atom is -0.467 e. The van der Waals surface area contributed by atoms with Crippen LogP contribution in [0, 0.1) is 13.8 Å². The molecule has 0 radical (unpaired) electrons. The fourth-order valence-corrected chi connectivity index (χ4v) is 1.72. The quantitative estimate of drug-likeness (QED) is 0.645. The number of anilines is 1. The fourth-order valence-electron chi connectivity index (χ4n) is 1.72. The van der Waals surface area contributed by atoms with Crippen LogP contribution in [-0.4, -0.2) is 25.6 Å². The van der Waals surface area contributed by atoms with Crippen molar-refractivity contribution in [2.24, 2.45) is 0 Å². The topological polar surface area (TPSA) is 68.8 Å². The highest BCUT2D eigenvalue weighted by molar-refractivity contribution is 5.71. The SMILES string of the molecule is COCOc1ccc(C)c(NNC(=O)OC(C)(C)C)c1C. The Balaban J connectivity index is 2.76. The van der Waals surface area contributed by atoms with Crippen molar-refractivity contribution in [2.45, 2.75) is 40.2 Å². The lowest BCUT2D eigenvalue weighted by Gasteiger charge is -2.21. The Bertz CT molecular complexity index is 495. The van der Waals surface area contributed by atoms with Crippen molar-refractivity contribution in [3.8, 4) is 5.75 Å². The third-order valence-corrected chi connectivity index (χ3v) is 2.64. The summed E-state index contributed by atoms with van der Waals surface area (Å²) < 4.78 is 15.5. The predicted molar refractivity (Wildman–Crippen MR) is 81.4 cm³/mol. The van der Waals surface area contributed by atoms with Crippen LogP contribution >= 0.6 is 0 Å². The van der Waals surface area contributed by atoms with Crippen LogP contribution < -0.4 is 15.6 Å². The molecule has 6 nitrogen and oxygen atoms in total. The third-order valence-electron chi connectivity index (χ3n) is 2.64. The van der Waals surface area contributed by atoms with Crippen LogP contribution in [0.2, 0.25) is 0 Å². The van der Waals surface area contributed by atoms with Gasteiger partial charge in [-0.25, -0.2) is 10.2 Å². The maximum atomic E-state index is 11.7. The molecule has 0 fully saturated rings. The van der Waals surface area contributed by atoms with Gasteiger partial charge >= 0.3 is 6.09 Å². The predicted octanol–water partition coefficient (Wildman–Crippen LogP) is 3.14. The Kier molecular flexibility index (Phi) is 5.84. The van der Waals surface area contributed by atoms with E-state index in [0.717, 1.165) is 16.8 Å². The van der Waals surface area contributed by atoms with Crippen molar-refractivity contribution in [1.82, 2.24) is 5.43 Å². The van der Waals surface area contributed by atoms with Gasteiger partial charge in [-0.3, -0.25) is 5.43 Å². The van der Waals surface area contributed by atoms with Crippen molar-refractivity contribution < 1.29 is 19.0 Å². The van der Waals surface area contributed by atoms with Gasteiger partial charge in [0.2, 0.25) is 0 Å². The Morgan fingerprint density at radius 2 is 1.90 bits per heavy atom. The van der Waals surface area contributed by atoms with Crippen LogP contribution in [0.5, 0.6) is 5.75 Å². The lowest BCUT2D eigenvalue weighted by atomic mass is 10.1. The van der Waals surface area contributed by atoms with Gasteiger partial charge in [-0.15, -0.1) is 0 Å². The first-order valence-electron chi connectivity index (χ1n) is 6.71. The Morgan fingerprint density at radius 1 is 1.24 bits per heavy atom. The standard InChI is InChI=1S/C15H24N2O4/c1-10-7-8-12(20-9-19-6)11(2)13(10)16-17-14(18)21-15(3,4)5/h7-8,16H,9H2,1-6H3,(H,17,18). The van der Waals surface area contributed by atoms with Gasteiger partial charge in [0.1, 0.15) is 11.4 Å². The molecule has 6 heteroatoms. The van der Waals surface area contributed by atoms with Gasteiger partial charge < -0.3 is 14.2 Å². The molecule has 1 rings (SSSR count). The van der Waals surface area contributed by atoms with E-state index in [2.05, 4.69) is 10.9 Å². The molecule has 1 amide bonds. The summed E-state index contributed by atoms with van der Waals surface area (Å²) in [6, 6.07) is 3.76. The number of carbonyl (C=O) groups excluding carboxylic acids is 1. The molecule has 0 aliphatic heterocycles. The minimum absolute atomic E-state index is 0.169. The van der Waals surface area contributed by atoms with E-state index in [1.54, 1.807) is 7.11 Å². The highest BCUT2D eigenvalue weighted by Gasteiger charge is 2.16. The molecule has 2 N–H and O–H groups in total. The molecule has 0 aliphatic rings. The molecule has 118 valence electrons. The summed E-state index contributed by atoms with van der Waals surface area (Å²) in [6.45, 7) is 9.43. The van der Waals surface area contributed by atoms with Crippen molar-refractivity contribution in [2.75, 3.05) is 19.3 Å². The number of nitrogens with one attached hydrogen (secondary N) is 2. The summed E-state index contributed by atoms with van der Waals surface area (Å²) in [5.74, 6) is 0.691. The highest BCUT2D eigenvalue weighted by Crippen LogP contribution is 2.28. The summed E-state index contributed by atoms with van der Waals surface area (Å²) in [7, 11) is 1.56. The number of benzene rings is 1. The number of methoxy groups -OCH3 is 1. The van der Waals surface area contributed by atoms with Crippen LogP contribution in [0.25, 0.3) is 0 Å². The molecule has 0 atom stereocenters. The largest absolute Gasteiger partial charge is 0.467 e. The van der Waals surface area contributed by atoms with E-state index in [0.29, 0.717) is 5.75 Å². The van der Waals surface area contributed by atoms with Crippen molar-refractivity contribution in [3.05, 3.63) is 23.3 Å². The molecule has 0 heterocycles. The summed E-state index contributed by atoms with van der Waals surface area (Å²) in [6.07, 6.45) is -0.537. The zero-order valence-electron chi connectivity index (χ0n) is 13.5. The van der Waals surface area contributed by atoms with E-state index >= 15 is 0 Å². The molecule has 0 saturated carbocycles. The molecule has 0 saturated heterocycles. The first-order valence-corrected chi connectivity index (χ1v) is 6.71. The molecule has 0 spiro atoms. The highest BCUT2D eigenvalue weighted by atomic mass is 16.7. The van der Waals surface area contributed by atoms with Gasteiger partial charge in [0.05, 0.1) is 5.69 Å². The molecular weight excluding hydrogens is 272 g/mol. The van der Waals surface area contributed by atoms with E-state index in [1.165, 1.54) is 0 Å². The smallest absolute Gasteiger partial charge is 0.426 e. The van der Waals surface area contributed by atoms with Gasteiger partial charge in [-0.05, 0) is 46.2 Å². The number of hydrogen-bond acceptors (Lipinski definition) is 5. The number of hydrazine groups is 1. The van der Waals surface area contributed by atoms with E-state index in [1.807, 2.05) is 46.8 Å². The molecule has 1 aromatic rings. The van der Waals surface area contributed by atoms with Crippen LogP contribution in [0.1, 0.15) is 31.9 Å². The second-order valence-corrected chi connectivity index (χ2v) is 5.68. The number of amides is 1. The minimum atomic E-state index is -0.542. The number of aryl methyl sites for hydroxylation is 1. The molecule has 0 aliphatic carbocycles. The van der Waals surface area contributed by atoms with Crippen molar-refractivity contribution in [3.63, 3.8) is 0 Å². The van der Waals surface area contributed by atoms with E-state index < -0.39 is 11.7 Å². The number of rotatable bonds is 5. The average molecular weight is 296 g/mol. The molecule has 1 aromatic carbocycles. The molecular formula is C15H24N2O4. The van der Waals surface area contributed by atoms with Gasteiger partial charge in [0.25, 0.3) is 0 Å². The molecule has 21 heavy (non-hydrogen) atoms. The monoisotopic (exact) mass is 296 g/mol. The van der Waals surface area contributed by atoms with Gasteiger partial charge in [0, 0.05) is 12.7 Å². The number of carbonyl (C=O) groups is 1. The van der Waals surface area contributed by atoms with Crippen molar-refractivity contribution in [1.29, 1.82) is 0 Å².